The molecule has 19 heavy (non-hydrogen) atoms. The van der Waals surface area contributed by atoms with Gasteiger partial charge in [0.15, 0.2) is 4.77 Å². The zero-order chi connectivity index (χ0) is 13.8. The van der Waals surface area contributed by atoms with Crippen LogP contribution in [0.2, 0.25) is 0 Å². The van der Waals surface area contributed by atoms with Crippen LogP contribution in [0.4, 0.5) is 11.5 Å². The summed E-state index contributed by atoms with van der Waals surface area (Å²) in [5.41, 5.74) is 1.80. The normalized spacial score (nSPS) is 10.8. The summed E-state index contributed by atoms with van der Waals surface area (Å²) in [6.45, 7) is 0. The molecule has 0 unspecified atom stereocenters. The van der Waals surface area contributed by atoms with Gasteiger partial charge < -0.3 is 9.88 Å². The van der Waals surface area contributed by atoms with Crippen molar-refractivity contribution in [2.75, 3.05) is 19.0 Å². The summed E-state index contributed by atoms with van der Waals surface area (Å²) in [5, 5.41) is 0. The van der Waals surface area contributed by atoms with Gasteiger partial charge in [-0.15, -0.1) is 0 Å². The lowest BCUT2D eigenvalue weighted by atomic mass is 10.2. The lowest BCUT2D eigenvalue weighted by Gasteiger charge is -2.11. The summed E-state index contributed by atoms with van der Waals surface area (Å²) in [6.07, 6.45) is 1.68. The van der Waals surface area contributed by atoms with E-state index in [2.05, 4.69) is 15.0 Å². The Morgan fingerprint density at radius 1 is 1.21 bits per heavy atom. The van der Waals surface area contributed by atoms with Crippen molar-refractivity contribution in [2.45, 2.75) is 0 Å². The van der Waals surface area contributed by atoms with Crippen LogP contribution < -0.4 is 10.5 Å². The van der Waals surface area contributed by atoms with Gasteiger partial charge in [0.1, 0.15) is 5.82 Å². The number of aliphatic imine (C=N–C) groups is 1. The van der Waals surface area contributed by atoms with E-state index in [0.29, 0.717) is 5.82 Å². The fourth-order valence-electron chi connectivity index (χ4n) is 1.53. The van der Waals surface area contributed by atoms with Gasteiger partial charge >= 0.3 is 0 Å². The van der Waals surface area contributed by atoms with Gasteiger partial charge in [-0.3, -0.25) is 9.78 Å². The van der Waals surface area contributed by atoms with E-state index in [9.17, 15) is 4.79 Å². The van der Waals surface area contributed by atoms with E-state index in [1.54, 1.807) is 6.21 Å². The second-order valence-corrected chi connectivity index (χ2v) is 4.63. The molecule has 6 heteroatoms. The van der Waals surface area contributed by atoms with E-state index in [1.165, 1.54) is 6.07 Å². The predicted molar refractivity (Wildman–Crippen MR) is 80.3 cm³/mol. The van der Waals surface area contributed by atoms with Crippen LogP contribution in [0.5, 0.6) is 0 Å². The Morgan fingerprint density at radius 2 is 1.89 bits per heavy atom. The Bertz CT molecular complexity index is 669. The third-order valence-electron chi connectivity index (χ3n) is 2.51. The minimum Gasteiger partial charge on any atom is -0.378 e. The van der Waals surface area contributed by atoms with Crippen LogP contribution in [0.25, 0.3) is 0 Å². The molecule has 0 saturated heterocycles. The Balaban J connectivity index is 2.22. The molecular formula is C13H14N4OS. The first-order valence-corrected chi connectivity index (χ1v) is 6.10. The highest BCUT2D eigenvalue weighted by Crippen LogP contribution is 2.11. The van der Waals surface area contributed by atoms with Crippen molar-refractivity contribution >= 4 is 29.9 Å². The molecule has 2 aromatic rings. The maximum absolute atomic E-state index is 11.2. The second kappa shape index (κ2) is 5.62. The number of nitrogens with zero attached hydrogens (tertiary/aromatic N) is 2. The van der Waals surface area contributed by atoms with E-state index in [4.69, 9.17) is 12.2 Å². The van der Waals surface area contributed by atoms with Crippen molar-refractivity contribution in [1.82, 2.24) is 9.97 Å². The van der Waals surface area contributed by atoms with Gasteiger partial charge in [0.05, 0.1) is 0 Å². The molecule has 0 fully saturated rings. The van der Waals surface area contributed by atoms with Crippen LogP contribution in [0.3, 0.4) is 0 Å². The van der Waals surface area contributed by atoms with Crippen LogP contribution in [0.1, 0.15) is 5.56 Å². The molecule has 0 bridgehead atoms. The van der Waals surface area contributed by atoms with Crippen LogP contribution in [-0.4, -0.2) is 30.3 Å². The summed E-state index contributed by atoms with van der Waals surface area (Å²) in [5.74, 6) is 0.436. The largest absolute Gasteiger partial charge is 0.378 e. The average molecular weight is 274 g/mol. The Labute approximate surface area is 115 Å². The Kier molecular flexibility index (Phi) is 3.91. The summed E-state index contributed by atoms with van der Waals surface area (Å²) in [7, 11) is 3.97. The van der Waals surface area contributed by atoms with E-state index >= 15 is 0 Å². The second-order valence-electron chi connectivity index (χ2n) is 4.22. The van der Waals surface area contributed by atoms with Gasteiger partial charge in [-0.05, 0) is 29.9 Å². The number of aromatic nitrogens is 2. The molecule has 0 aliphatic carbocycles. The van der Waals surface area contributed by atoms with E-state index in [-0.39, 0.29) is 10.3 Å². The van der Waals surface area contributed by atoms with Gasteiger partial charge in [0, 0.05) is 32.1 Å². The van der Waals surface area contributed by atoms with Crippen molar-refractivity contribution in [2.24, 2.45) is 4.99 Å². The molecule has 1 aromatic heterocycles. The maximum atomic E-state index is 11.2. The Morgan fingerprint density at radius 3 is 2.47 bits per heavy atom. The van der Waals surface area contributed by atoms with Crippen molar-refractivity contribution in [3.8, 4) is 0 Å². The summed E-state index contributed by atoms with van der Waals surface area (Å²) >= 11 is 4.87. The van der Waals surface area contributed by atoms with Crippen LogP contribution in [0.15, 0.2) is 40.1 Å². The number of aromatic amines is 2. The average Bonchev–Trinajstić information content (AvgIpc) is 2.36. The molecule has 0 aliphatic heterocycles. The van der Waals surface area contributed by atoms with Crippen LogP contribution >= 0.6 is 12.2 Å². The number of hydrogen-bond acceptors (Lipinski definition) is 4. The number of hydrogen-bond donors (Lipinski definition) is 2. The molecule has 1 aromatic carbocycles. The van der Waals surface area contributed by atoms with Gasteiger partial charge in [-0.2, -0.15) is 0 Å². The van der Waals surface area contributed by atoms with Crippen molar-refractivity contribution < 1.29 is 0 Å². The van der Waals surface area contributed by atoms with E-state index in [0.717, 1.165) is 11.3 Å². The highest BCUT2D eigenvalue weighted by atomic mass is 32.1. The molecule has 0 saturated carbocycles. The van der Waals surface area contributed by atoms with Gasteiger partial charge in [-0.25, -0.2) is 4.99 Å². The lowest BCUT2D eigenvalue weighted by molar-refractivity contribution is 1.08. The summed E-state index contributed by atoms with van der Waals surface area (Å²) < 4.78 is 0.266. The zero-order valence-corrected chi connectivity index (χ0v) is 11.5. The monoisotopic (exact) mass is 274 g/mol. The first kappa shape index (κ1) is 13.2. The van der Waals surface area contributed by atoms with Crippen LogP contribution in [-0.2, 0) is 0 Å². The molecule has 2 N–H and O–H groups in total. The van der Waals surface area contributed by atoms with Gasteiger partial charge in [0.2, 0.25) is 0 Å². The molecule has 0 amide bonds. The summed E-state index contributed by atoms with van der Waals surface area (Å²) in [4.78, 5) is 22.7. The Hall–Kier alpha value is -2.21. The zero-order valence-electron chi connectivity index (χ0n) is 10.7. The van der Waals surface area contributed by atoms with Crippen LogP contribution in [0, 0.1) is 4.77 Å². The topological polar surface area (TPSA) is 64.2 Å². The number of H-pyrrole nitrogens is 2. The smallest absolute Gasteiger partial charge is 0.253 e. The SMILES string of the molecule is CN(C)c1ccc(/C=N/c2cc(=O)[nH]c(=S)[nH]2)cc1. The number of rotatable bonds is 3. The third-order valence-corrected chi connectivity index (χ3v) is 2.71. The fourth-order valence-corrected chi connectivity index (χ4v) is 1.73. The number of anilines is 1. The molecule has 0 radical (unpaired) electrons. The van der Waals surface area contributed by atoms with Crippen molar-refractivity contribution in [3.05, 3.63) is 51.0 Å². The first-order valence-electron chi connectivity index (χ1n) is 5.70. The molecule has 0 spiro atoms. The number of nitrogens with one attached hydrogen (secondary N) is 2. The minimum absolute atomic E-state index is 0.265. The molecule has 5 nitrogen and oxygen atoms in total. The molecule has 98 valence electrons. The predicted octanol–water partition coefficient (Wildman–Crippen LogP) is 2.25. The van der Waals surface area contributed by atoms with Gasteiger partial charge in [0.25, 0.3) is 5.56 Å². The quantitative estimate of drug-likeness (QED) is 0.666. The lowest BCUT2D eigenvalue weighted by Crippen LogP contribution is -2.08. The van der Waals surface area contributed by atoms with Crippen molar-refractivity contribution in [3.63, 3.8) is 0 Å². The third kappa shape index (κ3) is 3.62. The molecule has 0 atom stereocenters. The molecular weight excluding hydrogens is 260 g/mol. The van der Waals surface area contributed by atoms with E-state index < -0.39 is 0 Å². The minimum atomic E-state index is -0.265. The van der Waals surface area contributed by atoms with E-state index in [1.807, 2.05) is 43.3 Å². The first-order chi connectivity index (χ1) is 9.04. The highest BCUT2D eigenvalue weighted by Gasteiger charge is 1.95. The van der Waals surface area contributed by atoms with Gasteiger partial charge in [-0.1, -0.05) is 12.1 Å². The summed E-state index contributed by atoms with van der Waals surface area (Å²) in [6, 6.07) is 9.28. The van der Waals surface area contributed by atoms with Crippen molar-refractivity contribution in [1.29, 1.82) is 0 Å². The fraction of sp³-hybridized carbons (Fsp3) is 0.154. The standard InChI is InChI=1S/C13H14N4OS/c1-17(2)10-5-3-9(4-6-10)8-14-11-7-12(18)16-13(19)15-11/h3-8H,1-2H3,(H2,15,16,18,19)/b14-8+. The molecule has 2 rings (SSSR count). The molecule has 0 aliphatic rings. The number of benzene rings is 1. The highest BCUT2D eigenvalue weighted by molar-refractivity contribution is 7.71. The maximum Gasteiger partial charge on any atom is 0.253 e. The molecule has 1 heterocycles.